The van der Waals surface area contributed by atoms with Gasteiger partial charge in [0.15, 0.2) is 0 Å². The summed E-state index contributed by atoms with van der Waals surface area (Å²) >= 11 is 1.52. The van der Waals surface area contributed by atoms with Gasteiger partial charge in [-0.25, -0.2) is 9.78 Å². The van der Waals surface area contributed by atoms with Crippen LogP contribution in [0.1, 0.15) is 18.5 Å². The summed E-state index contributed by atoms with van der Waals surface area (Å²) in [5, 5.41) is 7.79. The molecular weight excluding hydrogens is 352 g/mol. The lowest BCUT2D eigenvalue weighted by atomic mass is 9.87. The van der Waals surface area contributed by atoms with Crippen LogP contribution in [0, 0.1) is 0 Å². The largest absolute Gasteiger partial charge is 0.342 e. The first kappa shape index (κ1) is 16.7. The second kappa shape index (κ2) is 6.53. The summed E-state index contributed by atoms with van der Waals surface area (Å²) in [5.74, 6) is -0.295. The van der Waals surface area contributed by atoms with E-state index in [1.54, 1.807) is 4.90 Å². The quantitative estimate of drug-likeness (QED) is 0.802. The zero-order valence-electron chi connectivity index (χ0n) is 14.0. The average Bonchev–Trinajstić information content (AvgIpc) is 3.21. The van der Waals surface area contributed by atoms with E-state index in [2.05, 4.69) is 15.6 Å². The van der Waals surface area contributed by atoms with Crippen LogP contribution < -0.4 is 10.6 Å². The summed E-state index contributed by atoms with van der Waals surface area (Å²) in [7, 11) is 0. The molecule has 8 heteroatoms. The van der Waals surface area contributed by atoms with Gasteiger partial charge in [0.2, 0.25) is 5.91 Å². The smallest absolute Gasteiger partial charge is 0.322 e. The maximum absolute atomic E-state index is 12.6. The zero-order chi connectivity index (χ0) is 18.1. The van der Waals surface area contributed by atoms with Gasteiger partial charge in [0, 0.05) is 24.0 Å². The molecule has 1 spiro atoms. The molecule has 2 saturated heterocycles. The van der Waals surface area contributed by atoms with Gasteiger partial charge in [-0.3, -0.25) is 14.9 Å². The average molecular weight is 370 g/mol. The Morgan fingerprint density at radius 2 is 1.92 bits per heavy atom. The van der Waals surface area contributed by atoms with E-state index < -0.39 is 11.6 Å². The lowest BCUT2D eigenvalue weighted by Gasteiger charge is -2.36. The molecular formula is C18H18N4O3S. The Bertz CT molecular complexity index is 856. The van der Waals surface area contributed by atoms with Crippen molar-refractivity contribution in [2.45, 2.75) is 24.8 Å². The van der Waals surface area contributed by atoms with Crippen LogP contribution in [-0.4, -0.2) is 46.4 Å². The lowest BCUT2D eigenvalue weighted by molar-refractivity contribution is -0.135. The Balaban J connectivity index is 1.37. The van der Waals surface area contributed by atoms with E-state index in [1.165, 1.54) is 11.3 Å². The highest BCUT2D eigenvalue weighted by Crippen LogP contribution is 2.27. The van der Waals surface area contributed by atoms with Crippen molar-refractivity contribution in [1.82, 2.24) is 20.5 Å². The van der Waals surface area contributed by atoms with Gasteiger partial charge >= 0.3 is 6.03 Å². The number of carbonyl (C=O) groups is 3. The van der Waals surface area contributed by atoms with Crippen molar-refractivity contribution in [3.63, 3.8) is 0 Å². The third-order valence-electron chi connectivity index (χ3n) is 4.89. The predicted octanol–water partition coefficient (Wildman–Crippen LogP) is 1.55. The predicted molar refractivity (Wildman–Crippen MR) is 96.5 cm³/mol. The van der Waals surface area contributed by atoms with Crippen LogP contribution in [0.25, 0.3) is 10.6 Å². The minimum atomic E-state index is -0.852. The molecule has 2 fully saturated rings. The highest BCUT2D eigenvalue weighted by Gasteiger charge is 2.48. The highest BCUT2D eigenvalue weighted by molar-refractivity contribution is 7.13. The van der Waals surface area contributed by atoms with E-state index in [4.69, 9.17) is 0 Å². The summed E-state index contributed by atoms with van der Waals surface area (Å²) in [6.45, 7) is 0.893. The minimum Gasteiger partial charge on any atom is -0.342 e. The fourth-order valence-corrected chi connectivity index (χ4v) is 4.21. The number of urea groups is 1. The molecule has 2 aliphatic heterocycles. The van der Waals surface area contributed by atoms with Crippen LogP contribution in [0.3, 0.4) is 0 Å². The van der Waals surface area contributed by atoms with Crippen molar-refractivity contribution in [1.29, 1.82) is 0 Å². The van der Waals surface area contributed by atoms with Gasteiger partial charge in [0.25, 0.3) is 5.91 Å². The van der Waals surface area contributed by atoms with Crippen molar-refractivity contribution in [3.05, 3.63) is 41.4 Å². The first-order chi connectivity index (χ1) is 12.6. The number of imide groups is 1. The number of likely N-dealkylation sites (tertiary alicyclic amines) is 1. The Labute approximate surface area is 154 Å². The Kier molecular flexibility index (Phi) is 4.20. The maximum atomic E-state index is 12.6. The van der Waals surface area contributed by atoms with E-state index >= 15 is 0 Å². The van der Waals surface area contributed by atoms with Crippen LogP contribution in [0.4, 0.5) is 4.79 Å². The van der Waals surface area contributed by atoms with Gasteiger partial charge in [0.1, 0.15) is 10.5 Å². The molecule has 1 aromatic heterocycles. The molecule has 0 atom stereocenters. The molecule has 0 aliphatic carbocycles. The number of rotatable bonds is 3. The third kappa shape index (κ3) is 3.08. The number of benzene rings is 1. The number of piperidine rings is 1. The topological polar surface area (TPSA) is 91.4 Å². The molecule has 7 nitrogen and oxygen atoms in total. The number of carbonyl (C=O) groups excluding carboxylic acids is 3. The van der Waals surface area contributed by atoms with Gasteiger partial charge in [-0.15, -0.1) is 11.3 Å². The fourth-order valence-electron chi connectivity index (χ4n) is 3.39. The monoisotopic (exact) mass is 370 g/mol. The first-order valence-corrected chi connectivity index (χ1v) is 9.35. The summed E-state index contributed by atoms with van der Waals surface area (Å²) in [6, 6.07) is 9.42. The number of nitrogens with zero attached hydrogens (tertiary/aromatic N) is 2. The molecule has 3 heterocycles. The van der Waals surface area contributed by atoms with Crippen LogP contribution >= 0.6 is 11.3 Å². The summed E-state index contributed by atoms with van der Waals surface area (Å²) in [6.07, 6.45) is 1.11. The standard InChI is InChI=1S/C18H18N4O3S/c23-14(10-13-11-26-15(19-13)12-4-2-1-3-5-12)22-8-6-18(7-9-22)16(24)20-17(25)21-18/h1-5,11H,6-10H2,(H2,20,21,24,25). The van der Waals surface area contributed by atoms with Crippen LogP contribution in [0.5, 0.6) is 0 Å². The minimum absolute atomic E-state index is 0.00510. The molecule has 2 aliphatic rings. The first-order valence-electron chi connectivity index (χ1n) is 8.47. The SMILES string of the molecule is O=C1NC(=O)C2(CCN(C(=O)Cc3csc(-c4ccccc4)n3)CC2)N1. The summed E-state index contributed by atoms with van der Waals surface area (Å²) in [4.78, 5) is 42.2. The summed E-state index contributed by atoms with van der Waals surface area (Å²) in [5.41, 5.74) is 0.944. The lowest BCUT2D eigenvalue weighted by Crippen LogP contribution is -2.55. The van der Waals surface area contributed by atoms with Gasteiger partial charge < -0.3 is 10.2 Å². The molecule has 26 heavy (non-hydrogen) atoms. The van der Waals surface area contributed by atoms with E-state index in [0.717, 1.165) is 16.3 Å². The number of thiazole rings is 1. The molecule has 0 unspecified atom stereocenters. The van der Waals surface area contributed by atoms with Gasteiger partial charge in [-0.2, -0.15) is 0 Å². The molecule has 2 N–H and O–H groups in total. The van der Waals surface area contributed by atoms with E-state index in [1.807, 2.05) is 35.7 Å². The fraction of sp³-hybridized carbons (Fsp3) is 0.333. The van der Waals surface area contributed by atoms with Crippen molar-refractivity contribution < 1.29 is 14.4 Å². The van der Waals surface area contributed by atoms with E-state index in [-0.39, 0.29) is 18.2 Å². The molecule has 1 aromatic carbocycles. The number of aromatic nitrogens is 1. The molecule has 4 amide bonds. The van der Waals surface area contributed by atoms with E-state index in [9.17, 15) is 14.4 Å². The van der Waals surface area contributed by atoms with E-state index in [0.29, 0.717) is 25.9 Å². The highest BCUT2D eigenvalue weighted by atomic mass is 32.1. The van der Waals surface area contributed by atoms with Gasteiger partial charge in [-0.1, -0.05) is 30.3 Å². The van der Waals surface area contributed by atoms with Crippen molar-refractivity contribution in [2.24, 2.45) is 0 Å². The molecule has 0 bridgehead atoms. The normalized spacial score (nSPS) is 18.7. The van der Waals surface area contributed by atoms with Crippen molar-refractivity contribution >= 4 is 29.2 Å². The second-order valence-corrected chi connectivity index (χ2v) is 7.42. The molecule has 0 saturated carbocycles. The zero-order valence-corrected chi connectivity index (χ0v) is 14.8. The second-order valence-electron chi connectivity index (χ2n) is 6.56. The number of nitrogens with one attached hydrogen (secondary N) is 2. The van der Waals surface area contributed by atoms with Crippen molar-refractivity contribution in [3.8, 4) is 10.6 Å². The number of amides is 4. The van der Waals surface area contributed by atoms with Crippen molar-refractivity contribution in [2.75, 3.05) is 13.1 Å². The number of hydrogen-bond donors (Lipinski definition) is 2. The Morgan fingerprint density at radius 3 is 2.58 bits per heavy atom. The molecule has 0 radical (unpaired) electrons. The molecule has 4 rings (SSSR count). The Hall–Kier alpha value is -2.74. The maximum Gasteiger partial charge on any atom is 0.322 e. The molecule has 2 aromatic rings. The van der Waals surface area contributed by atoms with Gasteiger partial charge in [-0.05, 0) is 12.8 Å². The van der Waals surface area contributed by atoms with Crippen LogP contribution in [0.2, 0.25) is 0 Å². The van der Waals surface area contributed by atoms with Crippen LogP contribution in [-0.2, 0) is 16.0 Å². The summed E-state index contributed by atoms with van der Waals surface area (Å²) < 4.78 is 0. The van der Waals surface area contributed by atoms with Crippen LogP contribution in [0.15, 0.2) is 35.7 Å². The number of hydrogen-bond acceptors (Lipinski definition) is 5. The van der Waals surface area contributed by atoms with Gasteiger partial charge in [0.05, 0.1) is 12.1 Å². The third-order valence-corrected chi connectivity index (χ3v) is 5.83. The Morgan fingerprint density at radius 1 is 1.19 bits per heavy atom. The molecule has 134 valence electrons.